The normalized spacial score (nSPS) is 21.3. The summed E-state index contributed by atoms with van der Waals surface area (Å²) in [5, 5.41) is 0. The third kappa shape index (κ3) is 6.10. The van der Waals surface area contributed by atoms with Crippen molar-refractivity contribution in [3.63, 3.8) is 0 Å². The highest BCUT2D eigenvalue weighted by Gasteiger charge is 2.29. The molecule has 2 heterocycles. The van der Waals surface area contributed by atoms with Gasteiger partial charge >= 0.3 is 0 Å². The van der Waals surface area contributed by atoms with Gasteiger partial charge in [-0.25, -0.2) is 4.39 Å². The molecular weight excluding hydrogens is 421 g/mol. The zero-order valence-electron chi connectivity index (χ0n) is 19.6. The number of hydrogen-bond acceptors (Lipinski definition) is 5. The first-order chi connectivity index (χ1) is 16.0. The minimum atomic E-state index is -0.475. The number of carbonyl (C=O) groups excluding carboxylic acids is 1. The molecule has 0 bridgehead atoms. The molecule has 2 aliphatic rings. The van der Waals surface area contributed by atoms with E-state index >= 15 is 0 Å². The van der Waals surface area contributed by atoms with Crippen molar-refractivity contribution in [3.8, 4) is 5.75 Å². The largest absolute Gasteiger partial charge is 0.484 e. The van der Waals surface area contributed by atoms with E-state index in [1.165, 1.54) is 6.07 Å². The summed E-state index contributed by atoms with van der Waals surface area (Å²) in [5.41, 5.74) is 1.53. The van der Waals surface area contributed by atoms with Crippen LogP contribution in [0.3, 0.4) is 0 Å². The molecule has 6 nitrogen and oxygen atoms in total. The number of likely N-dealkylation sites (N-methyl/N-ethyl adjacent to an activating group) is 1. The van der Waals surface area contributed by atoms with Crippen LogP contribution < -0.4 is 4.74 Å². The van der Waals surface area contributed by atoms with Crippen LogP contribution in [0.4, 0.5) is 4.39 Å². The van der Waals surface area contributed by atoms with E-state index in [9.17, 15) is 9.18 Å². The maximum Gasteiger partial charge on any atom is 0.236 e. The van der Waals surface area contributed by atoms with E-state index in [1.807, 2.05) is 42.3 Å². The van der Waals surface area contributed by atoms with Gasteiger partial charge in [-0.1, -0.05) is 36.4 Å². The summed E-state index contributed by atoms with van der Waals surface area (Å²) >= 11 is 0. The van der Waals surface area contributed by atoms with Gasteiger partial charge in [0.25, 0.3) is 0 Å². The molecule has 0 aliphatic carbocycles. The Morgan fingerprint density at radius 3 is 2.76 bits per heavy atom. The van der Waals surface area contributed by atoms with E-state index in [2.05, 4.69) is 9.80 Å². The number of methoxy groups -OCH3 is 1. The maximum absolute atomic E-state index is 14.6. The van der Waals surface area contributed by atoms with Crippen LogP contribution in [0.5, 0.6) is 5.75 Å². The number of fused-ring (bicyclic) bond motifs is 1. The highest BCUT2D eigenvalue weighted by Crippen LogP contribution is 2.32. The zero-order valence-corrected chi connectivity index (χ0v) is 19.6. The highest BCUT2D eigenvalue weighted by atomic mass is 19.1. The lowest BCUT2D eigenvalue weighted by atomic mass is 10.1. The van der Waals surface area contributed by atoms with Crippen LogP contribution in [0.2, 0.25) is 0 Å². The molecule has 0 N–H and O–H groups in total. The van der Waals surface area contributed by atoms with E-state index in [0.717, 1.165) is 50.5 Å². The molecule has 0 radical (unpaired) electrons. The number of para-hydroxylation sites is 1. The summed E-state index contributed by atoms with van der Waals surface area (Å²) in [7, 11) is 3.61. The van der Waals surface area contributed by atoms with Crippen molar-refractivity contribution < 1.29 is 18.7 Å². The molecule has 0 spiro atoms. The van der Waals surface area contributed by atoms with Crippen LogP contribution in [-0.2, 0) is 16.1 Å². The first kappa shape index (κ1) is 23.7. The van der Waals surface area contributed by atoms with Gasteiger partial charge in [0, 0.05) is 58.0 Å². The quantitative estimate of drug-likeness (QED) is 0.612. The molecule has 4 rings (SSSR count). The van der Waals surface area contributed by atoms with Gasteiger partial charge in [0.2, 0.25) is 5.91 Å². The molecule has 33 heavy (non-hydrogen) atoms. The second kappa shape index (κ2) is 11.1. The van der Waals surface area contributed by atoms with Gasteiger partial charge in [-0.15, -0.1) is 0 Å². The Morgan fingerprint density at radius 1 is 1.15 bits per heavy atom. The predicted molar refractivity (Wildman–Crippen MR) is 126 cm³/mol. The molecule has 0 saturated carbocycles. The Bertz CT molecular complexity index is 941. The van der Waals surface area contributed by atoms with E-state index < -0.39 is 6.10 Å². The van der Waals surface area contributed by atoms with Crippen LogP contribution in [0.25, 0.3) is 0 Å². The zero-order chi connectivity index (χ0) is 23.2. The molecule has 1 saturated heterocycles. The summed E-state index contributed by atoms with van der Waals surface area (Å²) in [5.74, 6) is 1.02. The second-order valence-electron chi connectivity index (χ2n) is 9.13. The first-order valence-corrected chi connectivity index (χ1v) is 11.7. The lowest BCUT2D eigenvalue weighted by Crippen LogP contribution is -2.41. The number of carbonyl (C=O) groups is 1. The molecule has 2 aromatic rings. The number of amides is 1. The number of benzene rings is 2. The molecule has 2 unspecified atom stereocenters. The van der Waals surface area contributed by atoms with Crippen LogP contribution in [0.15, 0.2) is 48.5 Å². The van der Waals surface area contributed by atoms with Crippen molar-refractivity contribution in [1.82, 2.24) is 14.7 Å². The number of ether oxygens (including phenoxy) is 2. The number of likely N-dealkylation sites (tertiary alicyclic amines) is 1. The van der Waals surface area contributed by atoms with Crippen molar-refractivity contribution in [2.24, 2.45) is 5.92 Å². The molecule has 1 fully saturated rings. The monoisotopic (exact) mass is 455 g/mol. The SMILES string of the molecule is COCCN1CCC(CN(C)C(=O)CN2Cc3ccccc3OC(c3ccccc3F)C2)C1. The fourth-order valence-electron chi connectivity index (χ4n) is 4.78. The van der Waals surface area contributed by atoms with Crippen molar-refractivity contribution in [3.05, 3.63) is 65.5 Å². The van der Waals surface area contributed by atoms with E-state index in [4.69, 9.17) is 9.47 Å². The average molecular weight is 456 g/mol. The van der Waals surface area contributed by atoms with Gasteiger partial charge in [-0.3, -0.25) is 9.69 Å². The van der Waals surface area contributed by atoms with Crippen LogP contribution in [-0.4, -0.2) is 80.6 Å². The van der Waals surface area contributed by atoms with Crippen molar-refractivity contribution in [1.29, 1.82) is 0 Å². The Hall–Kier alpha value is -2.48. The molecule has 178 valence electrons. The summed E-state index contributed by atoms with van der Waals surface area (Å²) in [6, 6.07) is 14.5. The first-order valence-electron chi connectivity index (χ1n) is 11.7. The van der Waals surface area contributed by atoms with E-state index in [0.29, 0.717) is 24.6 Å². The van der Waals surface area contributed by atoms with Crippen molar-refractivity contribution in [2.75, 3.05) is 60.0 Å². The molecular formula is C26H34FN3O3. The Morgan fingerprint density at radius 2 is 1.94 bits per heavy atom. The van der Waals surface area contributed by atoms with Crippen molar-refractivity contribution in [2.45, 2.75) is 19.1 Å². The second-order valence-corrected chi connectivity index (χ2v) is 9.13. The summed E-state index contributed by atoms with van der Waals surface area (Å²) in [6.45, 7) is 5.80. The van der Waals surface area contributed by atoms with Crippen LogP contribution >= 0.6 is 0 Å². The molecule has 2 aromatic carbocycles. The van der Waals surface area contributed by atoms with Crippen LogP contribution in [0.1, 0.15) is 23.7 Å². The molecule has 2 aliphatic heterocycles. The third-order valence-electron chi connectivity index (χ3n) is 6.61. The Kier molecular flexibility index (Phi) is 7.96. The predicted octanol–water partition coefficient (Wildman–Crippen LogP) is 3.19. The number of nitrogens with zero attached hydrogens (tertiary/aromatic N) is 3. The fourth-order valence-corrected chi connectivity index (χ4v) is 4.78. The van der Waals surface area contributed by atoms with Gasteiger partial charge in [-0.05, 0) is 31.0 Å². The van der Waals surface area contributed by atoms with Crippen molar-refractivity contribution >= 4 is 5.91 Å². The molecule has 2 atom stereocenters. The summed E-state index contributed by atoms with van der Waals surface area (Å²) in [6.07, 6.45) is 0.624. The lowest BCUT2D eigenvalue weighted by molar-refractivity contribution is -0.132. The third-order valence-corrected chi connectivity index (χ3v) is 6.61. The minimum Gasteiger partial charge on any atom is -0.484 e. The standard InChI is InChI=1S/C26H34FN3O3/c1-28(15-20-11-12-29(16-20)13-14-32-2)26(31)19-30-17-21-7-3-6-10-24(21)33-25(18-30)22-8-4-5-9-23(22)27/h3-10,20,25H,11-19H2,1-2H3. The summed E-state index contributed by atoms with van der Waals surface area (Å²) in [4.78, 5) is 19.4. The maximum atomic E-state index is 14.6. The Balaban J connectivity index is 1.41. The number of hydrogen-bond donors (Lipinski definition) is 0. The Labute approximate surface area is 195 Å². The van der Waals surface area contributed by atoms with Gasteiger partial charge in [0.15, 0.2) is 0 Å². The molecule has 0 aromatic heterocycles. The summed E-state index contributed by atoms with van der Waals surface area (Å²) < 4.78 is 26.0. The highest BCUT2D eigenvalue weighted by molar-refractivity contribution is 5.78. The number of rotatable bonds is 8. The van der Waals surface area contributed by atoms with Gasteiger partial charge in [-0.2, -0.15) is 0 Å². The van der Waals surface area contributed by atoms with Gasteiger partial charge < -0.3 is 19.3 Å². The van der Waals surface area contributed by atoms with Gasteiger partial charge in [0.1, 0.15) is 17.7 Å². The molecule has 7 heteroatoms. The van der Waals surface area contributed by atoms with E-state index in [1.54, 1.807) is 19.2 Å². The minimum absolute atomic E-state index is 0.0806. The van der Waals surface area contributed by atoms with E-state index in [-0.39, 0.29) is 18.3 Å². The van der Waals surface area contributed by atoms with Gasteiger partial charge in [0.05, 0.1) is 13.2 Å². The number of halogens is 1. The average Bonchev–Trinajstić information content (AvgIpc) is 3.17. The fraction of sp³-hybridized carbons (Fsp3) is 0.500. The van der Waals surface area contributed by atoms with Crippen LogP contribution in [0, 0.1) is 11.7 Å². The topological polar surface area (TPSA) is 45.2 Å². The molecule has 1 amide bonds. The smallest absolute Gasteiger partial charge is 0.236 e. The lowest BCUT2D eigenvalue weighted by Gasteiger charge is -2.27.